The van der Waals surface area contributed by atoms with Crippen LogP contribution in [0.15, 0.2) is 0 Å². The first-order valence-corrected chi connectivity index (χ1v) is 6.55. The van der Waals surface area contributed by atoms with Crippen LogP contribution >= 0.6 is 0 Å². The second kappa shape index (κ2) is 13.6. The van der Waals surface area contributed by atoms with Gasteiger partial charge in [-0.25, -0.2) is 0 Å². The molecule has 104 valence electrons. The van der Waals surface area contributed by atoms with Crippen molar-refractivity contribution in [1.82, 2.24) is 0 Å². The van der Waals surface area contributed by atoms with Crippen LogP contribution in [0.5, 0.6) is 0 Å². The number of carboxylic acid groups (broad SMARTS) is 2. The van der Waals surface area contributed by atoms with Crippen molar-refractivity contribution < 1.29 is 22.7 Å². The first kappa shape index (κ1) is 20.5. The molecule has 0 aromatic rings. The Labute approximate surface area is 142 Å². The minimum atomic E-state index is -1.23. The predicted molar refractivity (Wildman–Crippen MR) is 74.0 cm³/mol. The summed E-state index contributed by atoms with van der Waals surface area (Å²) >= 11 is 0. The van der Waals surface area contributed by atoms with Gasteiger partial charge in [-0.3, -0.25) is 9.59 Å². The molecular weight excluding hydrogens is 260 g/mol. The molecule has 0 fully saturated rings. The monoisotopic (exact) mass is 286 g/mol. The van der Waals surface area contributed by atoms with Crippen molar-refractivity contribution >= 4 is 49.7 Å². The molecule has 0 spiro atoms. The maximum Gasteiger partial charge on any atom is 2.00 e. The third-order valence-corrected chi connectivity index (χ3v) is 2.94. The van der Waals surface area contributed by atoms with E-state index < -0.39 is 17.9 Å². The second-order valence-electron chi connectivity index (χ2n) is 4.49. The van der Waals surface area contributed by atoms with Crippen molar-refractivity contribution in [3.05, 3.63) is 0 Å². The predicted octanol–water partition coefficient (Wildman–Crippen LogP) is 3.15. The van der Waals surface area contributed by atoms with Crippen molar-refractivity contribution in [2.45, 2.75) is 64.7 Å². The molecule has 4 nitrogen and oxygen atoms in total. The Balaban J connectivity index is -0.000000427. The maximum atomic E-state index is 10.6. The van der Waals surface area contributed by atoms with E-state index in [9.17, 15) is 9.59 Å². The number of unbranched alkanes of at least 4 members (excludes halogenated alkanes) is 7. The van der Waals surface area contributed by atoms with Gasteiger partial charge in [0, 0.05) is 0 Å². The quantitative estimate of drug-likeness (QED) is 0.347. The van der Waals surface area contributed by atoms with Gasteiger partial charge in [-0.2, -0.15) is 0 Å². The molecule has 0 bridgehead atoms. The zero-order valence-electron chi connectivity index (χ0n) is 13.4. The maximum absolute atomic E-state index is 10.6. The number of hydrogen-bond acceptors (Lipinski definition) is 2. The number of aliphatic carboxylic acids is 2. The average molecular weight is 286 g/mol. The SMILES string of the molecule is CCCCCCCCCCC(C(=O)O)C(=O)O.[Ca+2].[H-].[H-]. The van der Waals surface area contributed by atoms with E-state index in [2.05, 4.69) is 6.92 Å². The van der Waals surface area contributed by atoms with Gasteiger partial charge in [0.05, 0.1) is 0 Å². The third-order valence-electron chi connectivity index (χ3n) is 2.94. The molecule has 5 heteroatoms. The molecule has 0 aliphatic carbocycles. The zero-order chi connectivity index (χ0) is 13.1. The summed E-state index contributed by atoms with van der Waals surface area (Å²) in [4.78, 5) is 21.2. The van der Waals surface area contributed by atoms with Gasteiger partial charge < -0.3 is 13.1 Å². The Kier molecular flexibility index (Phi) is 15.5. The fourth-order valence-electron chi connectivity index (χ4n) is 1.83. The number of carboxylic acids is 2. The van der Waals surface area contributed by atoms with Crippen LogP contribution in [0.1, 0.15) is 67.6 Å². The fraction of sp³-hybridized carbons (Fsp3) is 0.846. The number of rotatable bonds is 11. The molecule has 0 unspecified atom stereocenters. The van der Waals surface area contributed by atoms with Crippen molar-refractivity contribution in [3.8, 4) is 0 Å². The van der Waals surface area contributed by atoms with E-state index in [1.54, 1.807) is 0 Å². The molecule has 0 aromatic carbocycles. The summed E-state index contributed by atoms with van der Waals surface area (Å²) in [6.45, 7) is 2.18. The van der Waals surface area contributed by atoms with Crippen molar-refractivity contribution in [2.75, 3.05) is 0 Å². The van der Waals surface area contributed by atoms with E-state index in [4.69, 9.17) is 10.2 Å². The van der Waals surface area contributed by atoms with Crippen molar-refractivity contribution in [3.63, 3.8) is 0 Å². The van der Waals surface area contributed by atoms with Crippen molar-refractivity contribution in [2.24, 2.45) is 5.92 Å². The summed E-state index contributed by atoms with van der Waals surface area (Å²) in [6, 6.07) is 0. The van der Waals surface area contributed by atoms with E-state index in [0.717, 1.165) is 12.8 Å². The summed E-state index contributed by atoms with van der Waals surface area (Å²) in [5.74, 6) is -3.67. The van der Waals surface area contributed by atoms with Gasteiger partial charge in [-0.1, -0.05) is 58.3 Å². The van der Waals surface area contributed by atoms with Gasteiger partial charge in [0.25, 0.3) is 0 Å². The van der Waals surface area contributed by atoms with Crippen molar-refractivity contribution in [1.29, 1.82) is 0 Å². The minimum absolute atomic E-state index is 0. The molecular formula is C13H26CaO4. The third kappa shape index (κ3) is 11.3. The summed E-state index contributed by atoms with van der Waals surface area (Å²) in [5, 5.41) is 17.3. The average Bonchev–Trinajstić information content (AvgIpc) is 2.26. The van der Waals surface area contributed by atoms with Gasteiger partial charge in [0.1, 0.15) is 0 Å². The summed E-state index contributed by atoms with van der Waals surface area (Å²) < 4.78 is 0. The van der Waals surface area contributed by atoms with Crippen LogP contribution in [0.3, 0.4) is 0 Å². The van der Waals surface area contributed by atoms with Crippen LogP contribution in [0.4, 0.5) is 0 Å². The van der Waals surface area contributed by atoms with Gasteiger partial charge in [0.15, 0.2) is 5.92 Å². The normalized spacial score (nSPS) is 10.1. The number of carbonyl (C=O) groups is 2. The van der Waals surface area contributed by atoms with Gasteiger partial charge >= 0.3 is 49.7 Å². The topological polar surface area (TPSA) is 74.6 Å². The van der Waals surface area contributed by atoms with Crippen LogP contribution in [0.2, 0.25) is 0 Å². The molecule has 0 aliphatic rings. The first-order chi connectivity index (χ1) is 8.09. The second-order valence-corrected chi connectivity index (χ2v) is 4.49. The minimum Gasteiger partial charge on any atom is -1.00 e. The Morgan fingerprint density at radius 2 is 1.28 bits per heavy atom. The molecule has 0 aliphatic heterocycles. The number of hydrogen-bond donors (Lipinski definition) is 2. The molecule has 0 saturated heterocycles. The Hall–Kier alpha value is 0.200. The zero-order valence-corrected chi connectivity index (χ0v) is 13.6. The van der Waals surface area contributed by atoms with Crippen LogP contribution in [0.25, 0.3) is 0 Å². The Morgan fingerprint density at radius 1 is 0.889 bits per heavy atom. The Bertz CT molecular complexity index is 226. The molecule has 0 atom stereocenters. The fourth-order valence-corrected chi connectivity index (χ4v) is 1.83. The molecule has 0 amide bonds. The van der Waals surface area contributed by atoms with Crippen LogP contribution < -0.4 is 0 Å². The van der Waals surface area contributed by atoms with E-state index >= 15 is 0 Å². The molecule has 0 rings (SSSR count). The molecule has 18 heavy (non-hydrogen) atoms. The molecule has 0 heterocycles. The van der Waals surface area contributed by atoms with Gasteiger partial charge in [-0.15, -0.1) is 0 Å². The van der Waals surface area contributed by atoms with Crippen LogP contribution in [-0.2, 0) is 9.59 Å². The van der Waals surface area contributed by atoms with E-state index in [-0.39, 0.29) is 47.0 Å². The smallest absolute Gasteiger partial charge is 1.00 e. The Morgan fingerprint density at radius 3 is 1.67 bits per heavy atom. The molecule has 0 radical (unpaired) electrons. The summed E-state index contributed by atoms with van der Waals surface area (Å²) in [5.41, 5.74) is 0. The van der Waals surface area contributed by atoms with Crippen LogP contribution in [-0.4, -0.2) is 59.9 Å². The van der Waals surface area contributed by atoms with Gasteiger partial charge in [-0.05, 0) is 6.42 Å². The van der Waals surface area contributed by atoms with E-state index in [0.29, 0.717) is 6.42 Å². The van der Waals surface area contributed by atoms with E-state index in [1.165, 1.54) is 32.1 Å². The van der Waals surface area contributed by atoms with E-state index in [1.807, 2.05) is 0 Å². The molecule has 0 aromatic heterocycles. The largest absolute Gasteiger partial charge is 2.00 e. The van der Waals surface area contributed by atoms with Crippen LogP contribution in [0, 0.1) is 5.92 Å². The summed E-state index contributed by atoms with van der Waals surface area (Å²) in [7, 11) is 0. The van der Waals surface area contributed by atoms with Gasteiger partial charge in [0.2, 0.25) is 0 Å². The summed E-state index contributed by atoms with van der Waals surface area (Å²) in [6.07, 6.45) is 9.14. The standard InChI is InChI=1S/C13H24O4.Ca.2H/c1-2-3-4-5-6-7-8-9-10-11(12(14)15)13(16)17;;;/h11H,2-10H2,1H3,(H,14,15)(H,16,17);;;/q;+2;2*-1. The molecule has 0 saturated carbocycles. The first-order valence-electron chi connectivity index (χ1n) is 6.55. The molecule has 2 N–H and O–H groups in total.